The minimum Gasteiger partial charge on any atom is -0.507 e. The van der Waals surface area contributed by atoms with Gasteiger partial charge in [-0.3, -0.25) is 4.79 Å². The predicted octanol–water partition coefficient (Wildman–Crippen LogP) is 3.36. The lowest BCUT2D eigenvalue weighted by molar-refractivity contribution is 0.105. The summed E-state index contributed by atoms with van der Waals surface area (Å²) in [6.45, 7) is 0. The number of phenolic OH excluding ortho intramolecular Hbond substituents is 1. The minimum absolute atomic E-state index is 0.0557. The average Bonchev–Trinajstić information content (AvgIpc) is 2.27. The molecule has 2 nitrogen and oxygen atoms in total. The van der Waals surface area contributed by atoms with Crippen LogP contribution in [0.2, 0.25) is 0 Å². The minimum atomic E-state index is -0.381. The highest BCUT2D eigenvalue weighted by atomic mass is 79.9. The van der Waals surface area contributed by atoms with Crippen molar-refractivity contribution in [3.8, 4) is 17.6 Å². The van der Waals surface area contributed by atoms with Crippen molar-refractivity contribution in [1.29, 1.82) is 0 Å². The predicted molar refractivity (Wildman–Crippen MR) is 67.9 cm³/mol. The van der Waals surface area contributed by atoms with E-state index in [9.17, 15) is 9.90 Å². The van der Waals surface area contributed by atoms with Crippen molar-refractivity contribution >= 4 is 33.3 Å². The van der Waals surface area contributed by atoms with Crippen LogP contribution in [0.4, 0.5) is 0 Å². The molecule has 0 fully saturated rings. The number of carbonyl (C=O) groups excluding carboxylic acids is 1. The third-order valence-corrected chi connectivity index (χ3v) is 2.60. The van der Waals surface area contributed by atoms with Crippen LogP contribution in [-0.4, -0.2) is 16.8 Å². The lowest BCUT2D eigenvalue weighted by atomic mass is 10.1. The molecule has 0 saturated heterocycles. The lowest BCUT2D eigenvalue weighted by Crippen LogP contribution is -1.95. The number of Topliss-reactive ketones (excluding diaryl/α,β-unsaturated/α-hetero) is 1. The molecule has 0 radical (unpaired) electrons. The Morgan fingerprint density at radius 1 is 1.50 bits per heavy atom. The van der Waals surface area contributed by atoms with Crippen molar-refractivity contribution in [2.45, 2.75) is 12.8 Å². The number of hydrogen-bond acceptors (Lipinski definition) is 2. The number of halogens is 2. The summed E-state index contributed by atoms with van der Waals surface area (Å²) >= 11 is 8.71. The number of phenols is 1. The van der Waals surface area contributed by atoms with Gasteiger partial charge in [0.05, 0.1) is 5.56 Å². The van der Waals surface area contributed by atoms with Crippen LogP contribution >= 0.6 is 27.5 Å². The standard InChI is InChI=1S/C12H10BrClO2/c13-9-5-6-12(16)10(8-9)11(15)4-2-1-3-7-14/h5-6,8,16H,1,3,7H2. The molecule has 0 amide bonds. The first kappa shape index (κ1) is 13.1. The van der Waals surface area contributed by atoms with Crippen molar-refractivity contribution in [1.82, 2.24) is 0 Å². The van der Waals surface area contributed by atoms with Crippen LogP contribution in [0.5, 0.6) is 5.75 Å². The fraction of sp³-hybridized carbons (Fsp3) is 0.250. The van der Waals surface area contributed by atoms with Gasteiger partial charge < -0.3 is 5.11 Å². The number of hydrogen-bond donors (Lipinski definition) is 1. The second kappa shape index (κ2) is 6.57. The van der Waals surface area contributed by atoms with Gasteiger partial charge in [-0.25, -0.2) is 0 Å². The molecular formula is C12H10BrClO2. The highest BCUT2D eigenvalue weighted by Gasteiger charge is 2.08. The van der Waals surface area contributed by atoms with Gasteiger partial charge in [0, 0.05) is 16.8 Å². The molecule has 0 heterocycles. The SMILES string of the molecule is O=C(C#CCCCCl)c1cc(Br)ccc1O. The van der Waals surface area contributed by atoms with Gasteiger partial charge in [-0.15, -0.1) is 11.6 Å². The highest BCUT2D eigenvalue weighted by molar-refractivity contribution is 9.10. The first-order chi connectivity index (χ1) is 7.65. The Morgan fingerprint density at radius 3 is 2.94 bits per heavy atom. The summed E-state index contributed by atoms with van der Waals surface area (Å²) in [7, 11) is 0. The number of ketones is 1. The van der Waals surface area contributed by atoms with Crippen LogP contribution in [0.15, 0.2) is 22.7 Å². The molecule has 0 bridgehead atoms. The Balaban J connectivity index is 2.79. The molecule has 1 rings (SSSR count). The molecule has 1 N–H and O–H groups in total. The van der Waals surface area contributed by atoms with Crippen LogP contribution in [0, 0.1) is 11.8 Å². The Morgan fingerprint density at radius 2 is 2.25 bits per heavy atom. The van der Waals surface area contributed by atoms with Gasteiger partial charge in [-0.1, -0.05) is 21.9 Å². The maximum Gasteiger partial charge on any atom is 0.239 e. The molecule has 16 heavy (non-hydrogen) atoms. The van der Waals surface area contributed by atoms with E-state index in [1.165, 1.54) is 6.07 Å². The lowest BCUT2D eigenvalue weighted by Gasteiger charge is -1.99. The van der Waals surface area contributed by atoms with Crippen molar-refractivity contribution in [3.05, 3.63) is 28.2 Å². The molecule has 0 aliphatic rings. The van der Waals surface area contributed by atoms with E-state index in [4.69, 9.17) is 11.6 Å². The monoisotopic (exact) mass is 300 g/mol. The Labute approximate surface area is 108 Å². The molecule has 84 valence electrons. The normalized spacial score (nSPS) is 9.38. The number of alkyl halides is 1. The number of unbranched alkanes of at least 4 members (excludes halogenated alkanes) is 1. The molecule has 0 aliphatic heterocycles. The third kappa shape index (κ3) is 3.88. The van der Waals surface area contributed by atoms with Crippen LogP contribution in [-0.2, 0) is 0 Å². The maximum atomic E-state index is 11.6. The zero-order valence-corrected chi connectivity index (χ0v) is 10.8. The van der Waals surface area contributed by atoms with Crippen molar-refractivity contribution in [3.63, 3.8) is 0 Å². The van der Waals surface area contributed by atoms with Crippen molar-refractivity contribution < 1.29 is 9.90 Å². The highest BCUT2D eigenvalue weighted by Crippen LogP contribution is 2.21. The van der Waals surface area contributed by atoms with Gasteiger partial charge in [0.15, 0.2) is 0 Å². The molecule has 0 aromatic heterocycles. The molecule has 0 spiro atoms. The molecule has 1 aromatic rings. The molecule has 1 aromatic carbocycles. The summed E-state index contributed by atoms with van der Waals surface area (Å²) in [5.74, 6) is 5.29. The van der Waals surface area contributed by atoms with Gasteiger partial charge in [-0.05, 0) is 30.5 Å². The van der Waals surface area contributed by atoms with E-state index in [1.807, 2.05) is 0 Å². The molecule has 0 saturated carbocycles. The Kier molecular flexibility index (Phi) is 5.37. The van der Waals surface area contributed by atoms with Gasteiger partial charge >= 0.3 is 0 Å². The summed E-state index contributed by atoms with van der Waals surface area (Å²) in [5.41, 5.74) is 0.216. The molecule has 0 aliphatic carbocycles. The van der Waals surface area contributed by atoms with Crippen LogP contribution in [0.3, 0.4) is 0 Å². The summed E-state index contributed by atoms with van der Waals surface area (Å²) in [4.78, 5) is 11.6. The number of aromatic hydroxyl groups is 1. The van der Waals surface area contributed by atoms with Crippen molar-refractivity contribution in [2.75, 3.05) is 5.88 Å². The van der Waals surface area contributed by atoms with Crippen LogP contribution in [0.25, 0.3) is 0 Å². The van der Waals surface area contributed by atoms with E-state index in [2.05, 4.69) is 27.8 Å². The smallest absolute Gasteiger partial charge is 0.239 e. The summed E-state index contributed by atoms with van der Waals surface area (Å²) in [6.07, 6.45) is 1.34. The number of carbonyl (C=O) groups is 1. The van der Waals surface area contributed by atoms with Crippen LogP contribution < -0.4 is 0 Å². The second-order valence-corrected chi connectivity index (χ2v) is 4.38. The zero-order chi connectivity index (χ0) is 12.0. The largest absolute Gasteiger partial charge is 0.507 e. The fourth-order valence-corrected chi connectivity index (χ4v) is 1.55. The Hall–Kier alpha value is -0.980. The van der Waals surface area contributed by atoms with Gasteiger partial charge in [0.2, 0.25) is 5.78 Å². The molecular weight excluding hydrogens is 291 g/mol. The molecule has 0 unspecified atom stereocenters. The van der Waals surface area contributed by atoms with E-state index in [1.54, 1.807) is 12.1 Å². The zero-order valence-electron chi connectivity index (χ0n) is 8.46. The fourth-order valence-electron chi connectivity index (χ4n) is 1.06. The topological polar surface area (TPSA) is 37.3 Å². The molecule has 0 atom stereocenters. The van der Waals surface area contributed by atoms with E-state index in [-0.39, 0.29) is 17.1 Å². The second-order valence-electron chi connectivity index (χ2n) is 3.08. The van der Waals surface area contributed by atoms with E-state index < -0.39 is 0 Å². The number of rotatable bonds is 3. The maximum absolute atomic E-state index is 11.6. The van der Waals surface area contributed by atoms with Crippen molar-refractivity contribution in [2.24, 2.45) is 0 Å². The first-order valence-corrected chi connectivity index (χ1v) is 6.05. The van der Waals surface area contributed by atoms with Gasteiger partial charge in [0.25, 0.3) is 0 Å². The first-order valence-electron chi connectivity index (χ1n) is 4.73. The molecule has 4 heteroatoms. The van der Waals surface area contributed by atoms with E-state index >= 15 is 0 Å². The summed E-state index contributed by atoms with van der Waals surface area (Å²) < 4.78 is 0.733. The van der Waals surface area contributed by atoms with Crippen LogP contribution in [0.1, 0.15) is 23.2 Å². The average molecular weight is 302 g/mol. The summed E-state index contributed by atoms with van der Waals surface area (Å²) in [6, 6.07) is 4.67. The van der Waals surface area contributed by atoms with Gasteiger partial charge in [-0.2, -0.15) is 0 Å². The quantitative estimate of drug-likeness (QED) is 0.306. The van der Waals surface area contributed by atoms with E-state index in [0.717, 1.165) is 10.9 Å². The third-order valence-electron chi connectivity index (χ3n) is 1.84. The van der Waals surface area contributed by atoms with E-state index in [0.29, 0.717) is 12.3 Å². The Bertz CT molecular complexity index is 446. The van der Waals surface area contributed by atoms with Gasteiger partial charge in [0.1, 0.15) is 5.75 Å². The summed E-state index contributed by atoms with van der Waals surface area (Å²) in [5, 5.41) is 9.48. The number of benzene rings is 1.